The number of pyridine rings is 1. The summed E-state index contributed by atoms with van der Waals surface area (Å²) in [4.78, 5) is 20.2. The second-order valence-corrected chi connectivity index (χ2v) is 5.32. The molecule has 0 radical (unpaired) electrons. The lowest BCUT2D eigenvalue weighted by molar-refractivity contribution is 0.00540. The van der Waals surface area contributed by atoms with Gasteiger partial charge in [0, 0.05) is 25.1 Å². The Morgan fingerprint density at radius 3 is 2.81 bits per heavy atom. The Morgan fingerprint density at radius 1 is 1.43 bits per heavy atom. The summed E-state index contributed by atoms with van der Waals surface area (Å²) in [7, 11) is 1.73. The molecule has 110 valence electrons. The lowest BCUT2D eigenvalue weighted by Gasteiger charge is -2.32. The molecule has 0 amide bonds. The first kappa shape index (κ1) is 13.9. The number of ketones is 1. The van der Waals surface area contributed by atoms with Crippen molar-refractivity contribution in [3.05, 3.63) is 42.2 Å². The van der Waals surface area contributed by atoms with Gasteiger partial charge in [0.25, 0.3) is 0 Å². The minimum Gasteiger partial charge on any atom is -0.379 e. The number of methoxy groups -OCH3 is 1. The summed E-state index contributed by atoms with van der Waals surface area (Å²) in [5.41, 5.74) is 0.546. The van der Waals surface area contributed by atoms with Gasteiger partial charge in [-0.05, 0) is 30.9 Å². The Bertz CT molecular complexity index is 607. The highest BCUT2D eigenvalue weighted by atomic mass is 16.5. The third kappa shape index (κ3) is 3.00. The fourth-order valence-corrected chi connectivity index (χ4v) is 2.53. The van der Waals surface area contributed by atoms with Gasteiger partial charge in [-0.25, -0.2) is 9.67 Å². The molecule has 1 atom stereocenters. The van der Waals surface area contributed by atoms with E-state index in [1.807, 2.05) is 0 Å². The van der Waals surface area contributed by atoms with E-state index in [0.29, 0.717) is 18.0 Å². The predicted molar refractivity (Wildman–Crippen MR) is 75.8 cm³/mol. The van der Waals surface area contributed by atoms with Crippen LogP contribution in [0, 0.1) is 5.92 Å². The summed E-state index contributed by atoms with van der Waals surface area (Å²) >= 11 is 0. The van der Waals surface area contributed by atoms with Gasteiger partial charge < -0.3 is 4.74 Å². The molecule has 0 aromatic carbocycles. The van der Waals surface area contributed by atoms with E-state index in [-0.39, 0.29) is 17.7 Å². The molecule has 0 aliphatic heterocycles. The van der Waals surface area contributed by atoms with E-state index in [0.717, 1.165) is 0 Å². The van der Waals surface area contributed by atoms with Crippen molar-refractivity contribution in [3.8, 4) is 0 Å². The van der Waals surface area contributed by atoms with Gasteiger partial charge in [0.2, 0.25) is 11.6 Å². The van der Waals surface area contributed by atoms with Crippen molar-refractivity contribution < 1.29 is 9.53 Å². The van der Waals surface area contributed by atoms with E-state index >= 15 is 0 Å². The van der Waals surface area contributed by atoms with Crippen LogP contribution in [0.1, 0.15) is 35.4 Å². The SMILES string of the molecule is COC(Cn1cnc(C(=O)c2ccncc2)n1)C1CCC1. The number of rotatable bonds is 6. The molecule has 2 heterocycles. The van der Waals surface area contributed by atoms with Crippen LogP contribution in [-0.2, 0) is 11.3 Å². The number of ether oxygens (including phenoxy) is 1. The Balaban J connectivity index is 1.69. The molecule has 1 unspecified atom stereocenters. The van der Waals surface area contributed by atoms with Crippen LogP contribution in [0.5, 0.6) is 0 Å². The van der Waals surface area contributed by atoms with Crippen molar-refractivity contribution in [1.29, 1.82) is 0 Å². The van der Waals surface area contributed by atoms with Crippen molar-refractivity contribution in [2.24, 2.45) is 5.92 Å². The van der Waals surface area contributed by atoms with Crippen LogP contribution in [0.15, 0.2) is 30.9 Å². The highest BCUT2D eigenvalue weighted by Gasteiger charge is 2.28. The van der Waals surface area contributed by atoms with Crippen LogP contribution < -0.4 is 0 Å². The highest BCUT2D eigenvalue weighted by Crippen LogP contribution is 2.31. The van der Waals surface area contributed by atoms with Gasteiger partial charge >= 0.3 is 0 Å². The zero-order valence-corrected chi connectivity index (χ0v) is 12.0. The van der Waals surface area contributed by atoms with Gasteiger partial charge in [-0.1, -0.05) is 6.42 Å². The number of aromatic nitrogens is 4. The summed E-state index contributed by atoms with van der Waals surface area (Å²) < 4.78 is 7.23. The van der Waals surface area contributed by atoms with Gasteiger partial charge in [-0.3, -0.25) is 9.78 Å². The molecule has 1 fully saturated rings. The molecule has 2 aromatic heterocycles. The summed E-state index contributed by atoms with van der Waals surface area (Å²) in [6.07, 6.45) is 8.59. The zero-order valence-electron chi connectivity index (χ0n) is 12.0. The molecule has 3 rings (SSSR count). The van der Waals surface area contributed by atoms with Crippen LogP contribution in [0.4, 0.5) is 0 Å². The number of carbonyl (C=O) groups is 1. The zero-order chi connectivity index (χ0) is 14.7. The maximum atomic E-state index is 12.2. The van der Waals surface area contributed by atoms with Gasteiger partial charge in [0.05, 0.1) is 12.6 Å². The maximum absolute atomic E-state index is 12.2. The van der Waals surface area contributed by atoms with Crippen LogP contribution in [0.2, 0.25) is 0 Å². The van der Waals surface area contributed by atoms with Gasteiger partial charge in [-0.15, -0.1) is 5.10 Å². The Labute approximate surface area is 123 Å². The van der Waals surface area contributed by atoms with Gasteiger partial charge in [-0.2, -0.15) is 0 Å². The smallest absolute Gasteiger partial charge is 0.232 e. The molecule has 1 saturated carbocycles. The fraction of sp³-hybridized carbons (Fsp3) is 0.467. The monoisotopic (exact) mass is 286 g/mol. The molecule has 0 saturated heterocycles. The first-order valence-electron chi connectivity index (χ1n) is 7.15. The number of carbonyl (C=O) groups excluding carboxylic acids is 1. The lowest BCUT2D eigenvalue weighted by atomic mass is 9.81. The predicted octanol–water partition coefficient (Wildman–Crippen LogP) is 1.72. The second-order valence-electron chi connectivity index (χ2n) is 5.32. The number of hydrogen-bond acceptors (Lipinski definition) is 5. The molecule has 21 heavy (non-hydrogen) atoms. The number of hydrogen-bond donors (Lipinski definition) is 0. The first-order chi connectivity index (χ1) is 10.3. The average molecular weight is 286 g/mol. The second kappa shape index (κ2) is 6.13. The summed E-state index contributed by atoms with van der Waals surface area (Å²) in [6.45, 7) is 0.637. The quantitative estimate of drug-likeness (QED) is 0.756. The Kier molecular flexibility index (Phi) is 4.06. The van der Waals surface area contributed by atoms with E-state index in [4.69, 9.17) is 4.74 Å². The first-order valence-corrected chi connectivity index (χ1v) is 7.15. The summed E-state index contributed by atoms with van der Waals surface area (Å²) in [5, 5.41) is 4.27. The van der Waals surface area contributed by atoms with Crippen molar-refractivity contribution >= 4 is 5.78 Å². The molecule has 6 heteroatoms. The van der Waals surface area contributed by atoms with E-state index in [9.17, 15) is 4.79 Å². The molecule has 1 aliphatic carbocycles. The van der Waals surface area contributed by atoms with Gasteiger partial charge in [0.1, 0.15) is 6.33 Å². The maximum Gasteiger partial charge on any atom is 0.232 e. The standard InChI is InChI=1S/C15H18N4O2/c1-21-13(11-3-2-4-11)9-19-10-17-15(18-19)14(20)12-5-7-16-8-6-12/h5-8,10-11,13H,2-4,9H2,1H3. The normalized spacial score (nSPS) is 16.4. The van der Waals surface area contributed by atoms with Crippen molar-refractivity contribution in [2.75, 3.05) is 7.11 Å². The minimum absolute atomic E-state index is 0.143. The largest absolute Gasteiger partial charge is 0.379 e. The molecular formula is C15H18N4O2. The van der Waals surface area contributed by atoms with Crippen molar-refractivity contribution in [1.82, 2.24) is 19.7 Å². The molecule has 0 N–H and O–H groups in total. The topological polar surface area (TPSA) is 69.9 Å². The van der Waals surface area contributed by atoms with Crippen LogP contribution in [-0.4, -0.2) is 38.7 Å². The lowest BCUT2D eigenvalue weighted by Crippen LogP contribution is -2.32. The highest BCUT2D eigenvalue weighted by molar-refractivity contribution is 6.06. The van der Waals surface area contributed by atoms with Gasteiger partial charge in [0.15, 0.2) is 0 Å². The molecule has 0 spiro atoms. The molecule has 0 bridgehead atoms. The fourth-order valence-electron chi connectivity index (χ4n) is 2.53. The average Bonchev–Trinajstić information content (AvgIpc) is 2.93. The van der Waals surface area contributed by atoms with Crippen molar-refractivity contribution in [3.63, 3.8) is 0 Å². The molecular weight excluding hydrogens is 268 g/mol. The van der Waals surface area contributed by atoms with E-state index in [1.54, 1.807) is 42.6 Å². The minimum atomic E-state index is -0.186. The number of nitrogens with zero attached hydrogens (tertiary/aromatic N) is 4. The van der Waals surface area contributed by atoms with E-state index in [2.05, 4.69) is 15.1 Å². The van der Waals surface area contributed by atoms with Crippen molar-refractivity contribution in [2.45, 2.75) is 31.9 Å². The Morgan fingerprint density at radius 2 is 2.19 bits per heavy atom. The van der Waals surface area contributed by atoms with Crippen LogP contribution in [0.3, 0.4) is 0 Å². The van der Waals surface area contributed by atoms with E-state index in [1.165, 1.54) is 19.3 Å². The third-order valence-corrected chi connectivity index (χ3v) is 4.03. The summed E-state index contributed by atoms with van der Waals surface area (Å²) in [5.74, 6) is 0.622. The third-order valence-electron chi connectivity index (χ3n) is 4.03. The van der Waals surface area contributed by atoms with E-state index < -0.39 is 0 Å². The van der Waals surface area contributed by atoms with Crippen LogP contribution >= 0.6 is 0 Å². The Hall–Kier alpha value is -2.08. The summed E-state index contributed by atoms with van der Waals surface area (Å²) in [6, 6.07) is 3.32. The molecule has 6 nitrogen and oxygen atoms in total. The molecule has 1 aliphatic rings. The van der Waals surface area contributed by atoms with Crippen LogP contribution in [0.25, 0.3) is 0 Å². The molecule has 2 aromatic rings.